The number of ether oxygens (including phenoxy) is 4. The lowest BCUT2D eigenvalue weighted by atomic mass is 9.72. The van der Waals surface area contributed by atoms with Crippen molar-refractivity contribution < 1.29 is 81.3 Å². The zero-order valence-electron chi connectivity index (χ0n) is 59.3. The maximum atomic E-state index is 13.9. The molecular weight excluding hydrogens is 1540 g/mol. The van der Waals surface area contributed by atoms with E-state index in [1.165, 1.54) is 55.4 Å². The van der Waals surface area contributed by atoms with E-state index in [0.717, 1.165) is 112 Å². The summed E-state index contributed by atoms with van der Waals surface area (Å²) >= 11 is 6.53. The topological polar surface area (TPSA) is 435 Å². The summed E-state index contributed by atoms with van der Waals surface area (Å²) in [7, 11) is -12.6. The van der Waals surface area contributed by atoms with Crippen LogP contribution in [0.25, 0.3) is 16.6 Å². The molecule has 4 aliphatic heterocycles. The Labute approximate surface area is 637 Å². The molecule has 4 saturated heterocycles. The molecule has 0 bridgehead atoms. The molecule has 4 fully saturated rings. The molecule has 0 unspecified atom stereocenters. The number of aromatic nitrogens is 2. The van der Waals surface area contributed by atoms with Crippen molar-refractivity contribution in [3.63, 3.8) is 0 Å². The van der Waals surface area contributed by atoms with Gasteiger partial charge in [0, 0.05) is 112 Å². The minimum Gasteiger partial charge on any atom is -0.455 e. The Balaban J connectivity index is 0.000000272. The zero-order valence-corrected chi connectivity index (χ0v) is 63.4. The lowest BCUT2D eigenvalue weighted by molar-refractivity contribution is -0.387. The van der Waals surface area contributed by atoms with E-state index >= 15 is 0 Å². The van der Waals surface area contributed by atoms with E-state index in [-0.39, 0.29) is 68.0 Å². The number of hydrogen-bond donors (Lipinski definition) is 7. The van der Waals surface area contributed by atoms with Crippen LogP contribution in [0.2, 0.25) is 5.02 Å². The van der Waals surface area contributed by atoms with Crippen molar-refractivity contribution in [2.75, 3.05) is 108 Å². The number of nitro groups is 3. The monoisotopic (exact) mass is 1620 g/mol. The fourth-order valence-corrected chi connectivity index (χ4v) is 15.0. The summed E-state index contributed by atoms with van der Waals surface area (Å²) in [5.74, 6) is -0.692. The van der Waals surface area contributed by atoms with Crippen LogP contribution >= 0.6 is 24.0 Å². The number of carbonyl (C=O) groups is 1. The number of primary sulfonamides is 2. The van der Waals surface area contributed by atoms with Gasteiger partial charge in [-0.3, -0.25) is 40.0 Å². The normalized spacial score (nSPS) is 18.4. The number of amides is 1. The minimum absolute atomic E-state index is 0. The van der Waals surface area contributed by atoms with Gasteiger partial charge in [0.25, 0.3) is 27.3 Å². The number of nitrogens with one attached hydrogen (secondary N) is 4. The smallest absolute Gasteiger partial charge is 0.416 e. The molecule has 1 aliphatic carbocycles. The standard InChI is InChI=1S/C46H49ClF3N7O7S.C12H17N3O5S.C6H5FN2O4S.C6H13NO.ClH/c1-45(2)13-11-31(38(24-45)36-8-5-32(21-39(36)47)46(48,49)50)27-55-15-17-56(18-16-55)33-6-9-37(42(22-33)64-34-20-30-12-14-51-43(30)53-26-34)44(58)54-65(61,62)35-7-10-40(41(23-35)57(59)60)52-25-29-4-3-19-63-28-29;13-21(18,19)10-3-4-11(12(6-10)15(16)17)14-7-9-2-1-5-20-8-9;7-5-2-1-4(14(8,12)13)3-6(5)9(10)11;7-4-6-2-1-3-8-5-6;/h5-10,12,14,20-23,26,29,52H,3-4,11,13,15-19,24-25,27-28H2,1-2H3,(H,51,53)(H,54,58);3-4,6,9,14H,1-2,5,7-8H2,(H2,13,18,19);1-3H,(H2,8,12,13);6H,1-5,7H2;1H/t29-;9-;;6-;/m00.0./s1. The largest absolute Gasteiger partial charge is 0.455 e. The third-order valence-electron chi connectivity index (χ3n) is 18.7. The van der Waals surface area contributed by atoms with Crippen LogP contribution < -0.4 is 41.0 Å². The molecule has 39 heteroatoms. The zero-order chi connectivity index (χ0) is 78.3. The fourth-order valence-electron chi connectivity index (χ4n) is 12.7. The third-order valence-corrected chi connectivity index (χ3v) is 22.1. The Morgan fingerprint density at radius 3 is 1.77 bits per heavy atom. The molecule has 109 heavy (non-hydrogen) atoms. The molecule has 6 heterocycles. The van der Waals surface area contributed by atoms with E-state index in [1.54, 1.807) is 30.5 Å². The highest BCUT2D eigenvalue weighted by Crippen LogP contribution is 2.46. The predicted octanol–water partition coefficient (Wildman–Crippen LogP) is 11.9. The van der Waals surface area contributed by atoms with E-state index in [1.807, 2.05) is 0 Å². The van der Waals surface area contributed by atoms with E-state index in [4.69, 9.17) is 46.6 Å². The molecule has 3 atom stereocenters. The number of piperazine rings is 1. The second kappa shape index (κ2) is 37.8. The number of benzene rings is 5. The highest BCUT2D eigenvalue weighted by molar-refractivity contribution is 7.90. The Bertz CT molecular complexity index is 4790. The first-order chi connectivity index (χ1) is 51.0. The Morgan fingerprint density at radius 1 is 0.716 bits per heavy atom. The number of rotatable bonds is 21. The molecule has 7 aromatic rings. The fraction of sp³-hybridized carbons (Fsp3) is 0.429. The number of nitrogens with two attached hydrogens (primary N) is 3. The first-order valence-corrected chi connectivity index (χ1v) is 39.4. The molecule has 5 aliphatic rings. The van der Waals surface area contributed by atoms with Crippen LogP contribution in [0.1, 0.15) is 93.1 Å². The van der Waals surface area contributed by atoms with E-state index in [9.17, 15) is 78.0 Å². The summed E-state index contributed by atoms with van der Waals surface area (Å²) < 4.78 is 149. The highest BCUT2D eigenvalue weighted by atomic mass is 35.5. The van der Waals surface area contributed by atoms with Gasteiger partial charge in [-0.2, -0.15) is 17.6 Å². The summed E-state index contributed by atoms with van der Waals surface area (Å²) in [4.78, 5) is 55.5. The van der Waals surface area contributed by atoms with Crippen LogP contribution in [0.5, 0.6) is 11.5 Å². The van der Waals surface area contributed by atoms with Crippen LogP contribution in [-0.2, 0) is 50.5 Å². The lowest BCUT2D eigenvalue weighted by Crippen LogP contribution is -2.47. The number of carbonyl (C=O) groups excluding carboxylic acids is 1. The minimum atomic E-state index is -4.61. The Hall–Kier alpha value is -8.73. The van der Waals surface area contributed by atoms with Crippen molar-refractivity contribution in [3.8, 4) is 11.5 Å². The SMILES string of the molecule is CC1(C)CCC(CN2CCN(c3ccc(C(=O)NS(=O)(=O)c4ccc(NC[C@@H]5CCCOC5)c([N+](=O)[O-])c4)c(Oc4cnc5[nH]ccc5c4)c3)CC2)=C(c2ccc(C(F)(F)F)cc2Cl)C1.Cl.NC[C@@H]1CCCOC1.NS(=O)(=O)c1ccc(F)c([N+](=O)[O-])c1.NS(=O)(=O)c1ccc(NC[C@@H]2CCCOC2)c([N+](=O)[O-])c1. The van der Waals surface area contributed by atoms with Gasteiger partial charge < -0.3 is 45.2 Å². The van der Waals surface area contributed by atoms with E-state index < -0.39 is 89.5 Å². The number of fused-ring (bicyclic) bond motifs is 1. The second-order valence-electron chi connectivity index (χ2n) is 27.3. The number of nitrogens with zero attached hydrogens (tertiary/aromatic N) is 6. The summed E-state index contributed by atoms with van der Waals surface area (Å²) in [5.41, 5.74) is 7.33. The number of anilines is 3. The van der Waals surface area contributed by atoms with Crippen LogP contribution in [0.15, 0.2) is 136 Å². The second-order valence-corrected chi connectivity index (χ2v) is 32.5. The van der Waals surface area contributed by atoms with Gasteiger partial charge in [-0.05, 0) is 171 Å². The number of allylic oxidation sites excluding steroid dienone is 1. The van der Waals surface area contributed by atoms with Crippen molar-refractivity contribution >= 4 is 111 Å². The molecule has 10 N–H and O–H groups in total. The predicted molar refractivity (Wildman–Crippen MR) is 403 cm³/mol. The lowest BCUT2D eigenvalue weighted by Gasteiger charge is -2.39. The molecule has 2 aromatic heterocycles. The van der Waals surface area contributed by atoms with Gasteiger partial charge in [-0.1, -0.05) is 37.1 Å². The number of sulfonamides is 3. The molecule has 5 aromatic carbocycles. The van der Waals surface area contributed by atoms with Gasteiger partial charge in [0.15, 0.2) is 0 Å². The molecule has 0 saturated carbocycles. The molecule has 592 valence electrons. The number of hydrogen-bond acceptors (Lipinski definition) is 23. The van der Waals surface area contributed by atoms with Gasteiger partial charge in [-0.25, -0.2) is 45.2 Å². The average Bonchev–Trinajstić information content (AvgIpc) is 0.987. The summed E-state index contributed by atoms with van der Waals surface area (Å²) in [6.07, 6.45) is 7.31. The number of pyridine rings is 1. The summed E-state index contributed by atoms with van der Waals surface area (Å²) in [6, 6.07) is 21.1. The van der Waals surface area contributed by atoms with Crippen LogP contribution in [-0.4, -0.2) is 153 Å². The molecule has 0 spiro atoms. The van der Waals surface area contributed by atoms with Crippen molar-refractivity contribution in [3.05, 3.63) is 179 Å². The van der Waals surface area contributed by atoms with Crippen molar-refractivity contribution in [1.82, 2.24) is 19.6 Å². The van der Waals surface area contributed by atoms with Crippen molar-refractivity contribution in [1.29, 1.82) is 0 Å². The third kappa shape index (κ3) is 24.1. The van der Waals surface area contributed by atoms with Gasteiger partial charge in [0.2, 0.25) is 25.9 Å². The summed E-state index contributed by atoms with van der Waals surface area (Å²) in [5, 5.41) is 49.9. The molecule has 0 radical (unpaired) electrons. The average molecular weight is 1620 g/mol. The molecule has 30 nitrogen and oxygen atoms in total. The Kier molecular flexibility index (Phi) is 29.8. The van der Waals surface area contributed by atoms with Gasteiger partial charge in [0.05, 0.1) is 66.6 Å². The number of alkyl halides is 3. The Morgan fingerprint density at radius 2 is 1.26 bits per heavy atom. The molecule has 12 rings (SSSR count). The van der Waals surface area contributed by atoms with Crippen molar-refractivity contribution in [2.45, 2.75) is 92.5 Å². The first-order valence-electron chi connectivity index (χ1n) is 34.4. The highest BCUT2D eigenvalue weighted by Gasteiger charge is 2.35. The van der Waals surface area contributed by atoms with Crippen LogP contribution in [0, 0.1) is 59.3 Å². The van der Waals surface area contributed by atoms with Crippen LogP contribution in [0.3, 0.4) is 0 Å². The van der Waals surface area contributed by atoms with Gasteiger partial charge in [-0.15, -0.1) is 12.4 Å². The van der Waals surface area contributed by atoms with E-state index in [0.29, 0.717) is 113 Å². The van der Waals surface area contributed by atoms with Gasteiger partial charge in [0.1, 0.15) is 28.5 Å². The van der Waals surface area contributed by atoms with Crippen molar-refractivity contribution in [2.24, 2.45) is 39.2 Å². The number of halogens is 6. The summed E-state index contributed by atoms with van der Waals surface area (Å²) in [6.45, 7) is 13.5. The number of nitro benzene ring substituents is 3. The maximum Gasteiger partial charge on any atom is 0.416 e. The van der Waals surface area contributed by atoms with Gasteiger partial charge >= 0.3 is 11.9 Å². The maximum absolute atomic E-state index is 13.9. The molecular formula is C70H85Cl2F4N13O17S3. The number of H-pyrrole nitrogens is 1. The first kappa shape index (κ1) is 85.9. The molecule has 1 amide bonds. The van der Waals surface area contributed by atoms with E-state index in [2.05, 4.69) is 49.0 Å². The quantitative estimate of drug-likeness (QED) is 0.0200. The number of aromatic amines is 1. The van der Waals surface area contributed by atoms with Crippen LogP contribution in [0.4, 0.5) is 51.7 Å².